The Labute approximate surface area is 105 Å². The van der Waals surface area contributed by atoms with Gasteiger partial charge in [-0.15, -0.1) is 0 Å². The molecule has 0 aromatic heterocycles. The molecule has 92 valence electrons. The second-order valence-corrected chi connectivity index (χ2v) is 5.06. The van der Waals surface area contributed by atoms with Crippen LogP contribution in [0.4, 0.5) is 0 Å². The molecule has 0 aliphatic rings. The van der Waals surface area contributed by atoms with E-state index >= 15 is 0 Å². The predicted octanol–water partition coefficient (Wildman–Crippen LogP) is 1.82. The van der Waals surface area contributed by atoms with Crippen molar-refractivity contribution in [1.82, 2.24) is 0 Å². The number of hydrogen-bond donors (Lipinski definition) is 0. The minimum absolute atomic E-state index is 0.179. The molecule has 5 heteroatoms. The zero-order chi connectivity index (χ0) is 13.2. The monoisotopic (exact) mass is 261 g/mol. The van der Waals surface area contributed by atoms with Crippen LogP contribution in [-0.4, -0.2) is 18.8 Å². The Morgan fingerprint density at radius 2 is 1.50 bits per heavy atom. The Bertz CT molecular complexity index is 675. The number of carbonyl (C=O) groups excluding carboxylic acids is 1. The largest absolute Gasteiger partial charge is 0.744 e. The van der Waals surface area contributed by atoms with Crippen LogP contribution in [-0.2, 0) is 10.1 Å². The van der Waals surface area contributed by atoms with Crippen LogP contribution in [0.25, 0.3) is 0 Å². The molecule has 0 heterocycles. The third kappa shape index (κ3) is 2.64. The van der Waals surface area contributed by atoms with E-state index < -0.39 is 15.0 Å². The molecule has 0 saturated heterocycles. The smallest absolute Gasteiger partial charge is 0.193 e. The van der Waals surface area contributed by atoms with Gasteiger partial charge in [-0.2, -0.15) is 0 Å². The molecule has 0 atom stereocenters. The standard InChI is InChI=1S/C13H10O4S/c14-13(10-5-2-1-3-6-10)11-7-4-8-12(9-11)18(15,16)17/h1-9H,(H,15,16,17)/p-1. The van der Waals surface area contributed by atoms with Crippen molar-refractivity contribution >= 4 is 15.9 Å². The van der Waals surface area contributed by atoms with Gasteiger partial charge in [0.1, 0.15) is 10.1 Å². The van der Waals surface area contributed by atoms with Gasteiger partial charge in [-0.3, -0.25) is 4.79 Å². The highest BCUT2D eigenvalue weighted by atomic mass is 32.2. The molecule has 0 aliphatic carbocycles. The first-order valence-electron chi connectivity index (χ1n) is 5.14. The highest BCUT2D eigenvalue weighted by Gasteiger charge is 2.10. The maximum Gasteiger partial charge on any atom is 0.193 e. The zero-order valence-electron chi connectivity index (χ0n) is 9.24. The van der Waals surface area contributed by atoms with Gasteiger partial charge >= 0.3 is 0 Å². The number of hydrogen-bond acceptors (Lipinski definition) is 4. The van der Waals surface area contributed by atoms with Gasteiger partial charge in [0.05, 0.1) is 4.90 Å². The first-order chi connectivity index (χ1) is 8.48. The van der Waals surface area contributed by atoms with Crippen LogP contribution in [0.2, 0.25) is 0 Å². The fraction of sp³-hybridized carbons (Fsp3) is 0. The van der Waals surface area contributed by atoms with Crippen molar-refractivity contribution in [3.05, 3.63) is 65.7 Å². The Balaban J connectivity index is 2.44. The molecule has 0 N–H and O–H groups in total. The van der Waals surface area contributed by atoms with E-state index in [1.54, 1.807) is 30.3 Å². The first kappa shape index (κ1) is 12.5. The summed E-state index contributed by atoms with van der Waals surface area (Å²) in [4.78, 5) is 11.6. The van der Waals surface area contributed by atoms with Crippen LogP contribution in [0, 0.1) is 0 Å². The molecule has 0 aliphatic heterocycles. The van der Waals surface area contributed by atoms with Gasteiger partial charge in [0.2, 0.25) is 0 Å². The zero-order valence-corrected chi connectivity index (χ0v) is 10.1. The van der Waals surface area contributed by atoms with Crippen molar-refractivity contribution < 1.29 is 17.8 Å². The molecule has 4 nitrogen and oxygen atoms in total. The van der Waals surface area contributed by atoms with Crippen molar-refractivity contribution in [1.29, 1.82) is 0 Å². The average molecular weight is 261 g/mol. The molecule has 2 aromatic rings. The maximum absolute atomic E-state index is 12.0. The van der Waals surface area contributed by atoms with Crippen LogP contribution in [0.5, 0.6) is 0 Å². The topological polar surface area (TPSA) is 74.3 Å². The Morgan fingerprint density at radius 1 is 0.889 bits per heavy atom. The van der Waals surface area contributed by atoms with Gasteiger partial charge in [0, 0.05) is 11.1 Å². The Kier molecular flexibility index (Phi) is 3.27. The van der Waals surface area contributed by atoms with Gasteiger partial charge in [0.25, 0.3) is 0 Å². The molecule has 0 unspecified atom stereocenters. The molecule has 2 rings (SSSR count). The summed E-state index contributed by atoms with van der Waals surface area (Å²) < 4.78 is 32.6. The Hall–Kier alpha value is -1.98. The lowest BCUT2D eigenvalue weighted by molar-refractivity contribution is 0.103. The van der Waals surface area contributed by atoms with Gasteiger partial charge in [-0.05, 0) is 12.1 Å². The number of ketones is 1. The minimum atomic E-state index is -4.54. The van der Waals surface area contributed by atoms with E-state index in [1.807, 2.05) is 0 Å². The van der Waals surface area contributed by atoms with E-state index in [2.05, 4.69) is 0 Å². The quantitative estimate of drug-likeness (QED) is 0.624. The molecule has 0 saturated carbocycles. The van der Waals surface area contributed by atoms with Crippen LogP contribution >= 0.6 is 0 Å². The fourth-order valence-corrected chi connectivity index (χ4v) is 2.07. The lowest BCUT2D eigenvalue weighted by Crippen LogP contribution is -2.04. The lowest BCUT2D eigenvalue weighted by Gasteiger charge is -2.08. The maximum atomic E-state index is 12.0. The molecule has 0 radical (unpaired) electrons. The lowest BCUT2D eigenvalue weighted by atomic mass is 10.0. The summed E-state index contributed by atoms with van der Waals surface area (Å²) in [6, 6.07) is 13.6. The van der Waals surface area contributed by atoms with Crippen LogP contribution in [0.15, 0.2) is 59.5 Å². The highest BCUT2D eigenvalue weighted by molar-refractivity contribution is 7.85. The van der Waals surface area contributed by atoms with Gasteiger partial charge in [0.15, 0.2) is 5.78 Å². The van der Waals surface area contributed by atoms with Gasteiger partial charge in [-0.25, -0.2) is 8.42 Å². The summed E-state index contributed by atoms with van der Waals surface area (Å²) in [5.41, 5.74) is 0.621. The van der Waals surface area contributed by atoms with E-state index in [0.29, 0.717) is 5.56 Å². The second-order valence-electron chi connectivity index (χ2n) is 3.68. The normalized spacial score (nSPS) is 11.2. The molecule has 0 fully saturated rings. The van der Waals surface area contributed by atoms with Crippen molar-refractivity contribution in [2.75, 3.05) is 0 Å². The van der Waals surface area contributed by atoms with E-state index in [9.17, 15) is 17.8 Å². The fourth-order valence-electron chi connectivity index (χ4n) is 1.55. The summed E-state index contributed by atoms with van der Waals surface area (Å²) in [5.74, 6) is -0.318. The second kappa shape index (κ2) is 4.72. The minimum Gasteiger partial charge on any atom is -0.744 e. The average Bonchev–Trinajstić information content (AvgIpc) is 2.38. The van der Waals surface area contributed by atoms with Crippen LogP contribution in [0.1, 0.15) is 15.9 Å². The SMILES string of the molecule is O=C(c1ccccc1)c1cccc(S(=O)(=O)[O-])c1. The van der Waals surface area contributed by atoms with Crippen molar-refractivity contribution in [2.24, 2.45) is 0 Å². The molecule has 0 bridgehead atoms. The summed E-state index contributed by atoms with van der Waals surface area (Å²) in [5, 5.41) is 0. The third-order valence-electron chi connectivity index (χ3n) is 2.42. The van der Waals surface area contributed by atoms with E-state index in [0.717, 1.165) is 6.07 Å². The molecular formula is C13H9O4S-. The van der Waals surface area contributed by atoms with E-state index in [1.165, 1.54) is 18.2 Å². The van der Waals surface area contributed by atoms with E-state index in [-0.39, 0.29) is 11.3 Å². The number of carbonyl (C=O) groups is 1. The van der Waals surface area contributed by atoms with Crippen molar-refractivity contribution in [3.8, 4) is 0 Å². The molecule has 0 spiro atoms. The summed E-state index contributed by atoms with van der Waals surface area (Å²) in [6.07, 6.45) is 0. The van der Waals surface area contributed by atoms with E-state index in [4.69, 9.17) is 0 Å². The first-order valence-corrected chi connectivity index (χ1v) is 6.55. The predicted molar refractivity (Wildman–Crippen MR) is 64.3 cm³/mol. The van der Waals surface area contributed by atoms with Gasteiger partial charge < -0.3 is 4.55 Å². The van der Waals surface area contributed by atoms with Crippen LogP contribution < -0.4 is 0 Å². The highest BCUT2D eigenvalue weighted by Crippen LogP contribution is 2.14. The van der Waals surface area contributed by atoms with Crippen LogP contribution in [0.3, 0.4) is 0 Å². The number of benzene rings is 2. The number of rotatable bonds is 3. The third-order valence-corrected chi connectivity index (χ3v) is 3.25. The summed E-state index contributed by atoms with van der Waals surface area (Å²) in [7, 11) is -4.54. The van der Waals surface area contributed by atoms with Crippen molar-refractivity contribution in [2.45, 2.75) is 4.90 Å². The Morgan fingerprint density at radius 3 is 2.11 bits per heavy atom. The molecule has 2 aromatic carbocycles. The molecule has 18 heavy (non-hydrogen) atoms. The van der Waals surface area contributed by atoms with Crippen molar-refractivity contribution in [3.63, 3.8) is 0 Å². The molecular weight excluding hydrogens is 252 g/mol. The summed E-state index contributed by atoms with van der Waals surface area (Å²) in [6.45, 7) is 0. The molecule has 0 amide bonds. The van der Waals surface area contributed by atoms with Gasteiger partial charge in [-0.1, -0.05) is 42.5 Å². The summed E-state index contributed by atoms with van der Waals surface area (Å²) >= 11 is 0.